The molecule has 0 unspecified atom stereocenters. The van der Waals surface area contributed by atoms with Crippen molar-refractivity contribution in [2.75, 3.05) is 5.32 Å². The Bertz CT molecular complexity index is 642. The van der Waals surface area contributed by atoms with E-state index in [-0.39, 0.29) is 11.8 Å². The Hall–Kier alpha value is -2.36. The number of hydrazine groups is 1. The fourth-order valence-electron chi connectivity index (χ4n) is 1.25. The lowest BCUT2D eigenvalue weighted by molar-refractivity contribution is -0.165. The number of benzene rings is 1. The molecule has 0 aromatic heterocycles. The molecule has 10 heteroatoms. The Morgan fingerprint density at radius 1 is 1.04 bits per heavy atom. The van der Waals surface area contributed by atoms with E-state index in [0.29, 0.717) is 5.69 Å². The van der Waals surface area contributed by atoms with Gasteiger partial charge in [-0.2, -0.15) is 13.2 Å². The smallest absolute Gasteiger partial charge is 0.318 e. The number of halogens is 4. The van der Waals surface area contributed by atoms with E-state index in [1.807, 2.05) is 10.9 Å². The summed E-state index contributed by atoms with van der Waals surface area (Å²) in [5, 5.41) is 2.28. The maximum atomic E-state index is 12.0. The van der Waals surface area contributed by atoms with E-state index >= 15 is 0 Å². The van der Waals surface area contributed by atoms with Crippen LogP contribution in [0.2, 0.25) is 0 Å². The van der Waals surface area contributed by atoms with E-state index < -0.39 is 23.8 Å². The van der Waals surface area contributed by atoms with E-state index in [2.05, 4.69) is 21.2 Å². The normalized spacial score (nSPS) is 11.6. The molecule has 0 aliphatic rings. The first-order valence-electron chi connectivity index (χ1n) is 6.02. The molecule has 124 valence electrons. The van der Waals surface area contributed by atoms with Gasteiger partial charge in [0.2, 0.25) is 0 Å². The first-order chi connectivity index (χ1) is 10.6. The Morgan fingerprint density at radius 2 is 1.61 bits per heavy atom. The van der Waals surface area contributed by atoms with Crippen LogP contribution < -0.4 is 16.2 Å². The molecular weight excluding hydrogens is 383 g/mol. The highest BCUT2D eigenvalue weighted by atomic mass is 79.9. The zero-order valence-corrected chi connectivity index (χ0v) is 13.2. The third-order valence-corrected chi connectivity index (χ3v) is 2.84. The Labute approximate surface area is 137 Å². The summed E-state index contributed by atoms with van der Waals surface area (Å²) in [5.74, 6) is -4.26. The summed E-state index contributed by atoms with van der Waals surface area (Å²) >= 11 is 3.20. The zero-order valence-electron chi connectivity index (χ0n) is 11.6. The number of alkyl halides is 3. The molecule has 0 saturated carbocycles. The van der Waals surface area contributed by atoms with Crippen LogP contribution >= 0.6 is 15.9 Å². The number of carbonyl (C=O) groups is 3. The summed E-state index contributed by atoms with van der Waals surface area (Å²) in [4.78, 5) is 33.7. The van der Waals surface area contributed by atoms with Gasteiger partial charge in [-0.1, -0.05) is 15.9 Å². The average Bonchev–Trinajstić information content (AvgIpc) is 2.46. The van der Waals surface area contributed by atoms with Crippen molar-refractivity contribution in [3.05, 3.63) is 40.5 Å². The highest BCUT2D eigenvalue weighted by molar-refractivity contribution is 9.10. The molecule has 0 heterocycles. The second kappa shape index (κ2) is 7.77. The van der Waals surface area contributed by atoms with Crippen LogP contribution in [0.1, 0.15) is 6.92 Å². The number of carbonyl (C=O) groups excluding carboxylic acids is 3. The van der Waals surface area contributed by atoms with Crippen molar-refractivity contribution in [2.24, 2.45) is 0 Å². The van der Waals surface area contributed by atoms with Gasteiger partial charge in [-0.05, 0) is 31.2 Å². The van der Waals surface area contributed by atoms with Crippen LogP contribution in [0.5, 0.6) is 0 Å². The second-order valence-corrected chi connectivity index (χ2v) is 5.15. The van der Waals surface area contributed by atoms with E-state index in [1.165, 1.54) is 12.1 Å². The molecule has 3 N–H and O–H groups in total. The topological polar surface area (TPSA) is 87.3 Å². The summed E-state index contributed by atoms with van der Waals surface area (Å²) in [5.41, 5.74) is 3.98. The van der Waals surface area contributed by atoms with Crippen molar-refractivity contribution >= 4 is 39.2 Å². The first-order valence-corrected chi connectivity index (χ1v) is 6.81. The number of hydrogen-bond donors (Lipinski definition) is 3. The molecule has 0 bridgehead atoms. The van der Waals surface area contributed by atoms with Crippen molar-refractivity contribution < 1.29 is 27.6 Å². The van der Waals surface area contributed by atoms with Gasteiger partial charge in [0, 0.05) is 21.9 Å². The molecular formula is C13H11BrF3N3O3. The lowest BCUT2D eigenvalue weighted by Gasteiger charge is -2.09. The minimum Gasteiger partial charge on any atom is -0.318 e. The molecule has 0 fully saturated rings. The maximum Gasteiger partial charge on any atom is 0.454 e. The fraction of sp³-hybridized carbons (Fsp3) is 0.154. The number of amides is 2. The molecule has 0 aliphatic carbocycles. The summed E-state index contributed by atoms with van der Waals surface area (Å²) < 4.78 is 36.9. The van der Waals surface area contributed by atoms with Crippen molar-refractivity contribution in [1.82, 2.24) is 10.9 Å². The molecule has 0 saturated heterocycles. The largest absolute Gasteiger partial charge is 0.454 e. The van der Waals surface area contributed by atoms with Gasteiger partial charge in [0.1, 0.15) is 0 Å². The van der Waals surface area contributed by atoms with Gasteiger partial charge in [0.05, 0.1) is 0 Å². The van der Waals surface area contributed by atoms with E-state index in [4.69, 9.17) is 0 Å². The summed E-state index contributed by atoms with van der Waals surface area (Å²) in [6.07, 6.45) is -4.75. The Balaban J connectivity index is 2.52. The SMILES string of the molecule is C/C(=C/C(=O)C(F)(F)F)NNC(=O)C(=O)Nc1ccc(Br)cc1. The number of rotatable bonds is 4. The fourth-order valence-corrected chi connectivity index (χ4v) is 1.51. The number of anilines is 1. The lowest BCUT2D eigenvalue weighted by Crippen LogP contribution is -2.43. The van der Waals surface area contributed by atoms with Gasteiger partial charge in [0.25, 0.3) is 5.78 Å². The van der Waals surface area contributed by atoms with Crippen LogP contribution in [0.4, 0.5) is 18.9 Å². The quantitative estimate of drug-likeness (QED) is 0.415. The van der Waals surface area contributed by atoms with Gasteiger partial charge in [-0.25, -0.2) is 0 Å². The standard InChI is InChI=1S/C13H11BrF3N3O3/c1-7(6-10(21)13(15,16)17)19-20-12(23)11(22)18-9-4-2-8(14)3-5-9/h2-6,19H,1H3,(H,18,22)(H,20,23)/b7-6-. The van der Waals surface area contributed by atoms with Gasteiger partial charge < -0.3 is 10.7 Å². The van der Waals surface area contributed by atoms with E-state index in [0.717, 1.165) is 11.4 Å². The number of nitrogens with one attached hydrogen (secondary N) is 3. The van der Waals surface area contributed by atoms with Crippen molar-refractivity contribution in [1.29, 1.82) is 0 Å². The van der Waals surface area contributed by atoms with E-state index in [9.17, 15) is 27.6 Å². The molecule has 6 nitrogen and oxygen atoms in total. The van der Waals surface area contributed by atoms with Crippen molar-refractivity contribution in [2.45, 2.75) is 13.1 Å². The molecule has 1 rings (SSSR count). The van der Waals surface area contributed by atoms with Crippen LogP contribution in [0.25, 0.3) is 0 Å². The third-order valence-electron chi connectivity index (χ3n) is 2.31. The van der Waals surface area contributed by atoms with Gasteiger partial charge in [-0.3, -0.25) is 19.8 Å². The minimum absolute atomic E-state index is 0.257. The third kappa shape index (κ3) is 6.51. The van der Waals surface area contributed by atoms with Crippen molar-refractivity contribution in [3.63, 3.8) is 0 Å². The minimum atomic E-state index is -5.01. The monoisotopic (exact) mass is 393 g/mol. The molecule has 2 amide bonds. The zero-order chi connectivity index (χ0) is 17.6. The molecule has 0 aliphatic heterocycles. The molecule has 1 aromatic rings. The van der Waals surface area contributed by atoms with Crippen LogP contribution in [0, 0.1) is 0 Å². The lowest BCUT2D eigenvalue weighted by atomic mass is 10.3. The Kier molecular flexibility index (Phi) is 6.31. The summed E-state index contributed by atoms with van der Waals surface area (Å²) in [6, 6.07) is 6.36. The van der Waals surface area contributed by atoms with Crippen LogP contribution in [0.3, 0.4) is 0 Å². The van der Waals surface area contributed by atoms with Crippen LogP contribution in [-0.2, 0) is 14.4 Å². The predicted molar refractivity (Wildman–Crippen MR) is 78.9 cm³/mol. The highest BCUT2D eigenvalue weighted by Crippen LogP contribution is 2.17. The van der Waals surface area contributed by atoms with Crippen LogP contribution in [-0.4, -0.2) is 23.8 Å². The highest BCUT2D eigenvalue weighted by Gasteiger charge is 2.36. The Morgan fingerprint density at radius 3 is 2.13 bits per heavy atom. The van der Waals surface area contributed by atoms with E-state index in [1.54, 1.807) is 12.1 Å². The van der Waals surface area contributed by atoms with Crippen LogP contribution in [0.15, 0.2) is 40.5 Å². The molecule has 23 heavy (non-hydrogen) atoms. The molecule has 1 aromatic carbocycles. The average molecular weight is 394 g/mol. The maximum absolute atomic E-state index is 12.0. The van der Waals surface area contributed by atoms with Gasteiger partial charge in [0.15, 0.2) is 0 Å². The predicted octanol–water partition coefficient (Wildman–Crippen LogP) is 2.04. The number of ketones is 1. The summed E-state index contributed by atoms with van der Waals surface area (Å²) in [6.45, 7) is 1.12. The molecule has 0 atom stereocenters. The first kappa shape index (κ1) is 18.7. The van der Waals surface area contributed by atoms with Gasteiger partial charge in [-0.15, -0.1) is 0 Å². The number of allylic oxidation sites excluding steroid dienone is 2. The molecule has 0 spiro atoms. The molecule has 0 radical (unpaired) electrons. The second-order valence-electron chi connectivity index (χ2n) is 4.23. The summed E-state index contributed by atoms with van der Waals surface area (Å²) in [7, 11) is 0. The van der Waals surface area contributed by atoms with Crippen molar-refractivity contribution in [3.8, 4) is 0 Å². The number of hydrogen-bond acceptors (Lipinski definition) is 4. The van der Waals surface area contributed by atoms with Gasteiger partial charge >= 0.3 is 18.0 Å².